The van der Waals surface area contributed by atoms with E-state index in [1.165, 1.54) is 6.20 Å². The molecule has 0 bridgehead atoms. The number of carbonyl (C=O) groups is 1. The molecule has 0 unspecified atom stereocenters. The largest absolute Gasteiger partial charge is 0.317 e. The number of hydrogen-bond acceptors (Lipinski definition) is 3. The quantitative estimate of drug-likeness (QED) is 0.626. The maximum absolute atomic E-state index is 12.7. The number of hydrogen-bond donors (Lipinski definition) is 1. The first-order valence-corrected chi connectivity index (χ1v) is 9.46. The number of anilines is 1. The highest BCUT2D eigenvalue weighted by Gasteiger charge is 2.21. The predicted octanol–water partition coefficient (Wildman–Crippen LogP) is 4.98. The van der Waals surface area contributed by atoms with Crippen molar-refractivity contribution < 1.29 is 4.79 Å². The Morgan fingerprint density at radius 3 is 2.41 bits per heavy atom. The van der Waals surface area contributed by atoms with E-state index in [4.69, 9.17) is 34.8 Å². The van der Waals surface area contributed by atoms with Gasteiger partial charge in [-0.15, -0.1) is 0 Å². The molecule has 0 fully saturated rings. The summed E-state index contributed by atoms with van der Waals surface area (Å²) in [5.41, 5.74) is 3.19. The Labute approximate surface area is 172 Å². The van der Waals surface area contributed by atoms with E-state index in [9.17, 15) is 4.79 Å². The lowest BCUT2D eigenvalue weighted by Crippen LogP contribution is -2.18. The van der Waals surface area contributed by atoms with Crippen molar-refractivity contribution in [3.63, 3.8) is 0 Å². The maximum atomic E-state index is 12.7. The van der Waals surface area contributed by atoms with Crippen LogP contribution < -0.4 is 5.32 Å². The van der Waals surface area contributed by atoms with Crippen molar-refractivity contribution in [2.24, 2.45) is 0 Å². The van der Waals surface area contributed by atoms with E-state index in [1.807, 2.05) is 20.8 Å². The van der Waals surface area contributed by atoms with E-state index in [2.05, 4.69) is 15.5 Å². The van der Waals surface area contributed by atoms with Crippen LogP contribution in [0.15, 0.2) is 24.4 Å². The van der Waals surface area contributed by atoms with Gasteiger partial charge in [-0.2, -0.15) is 10.2 Å². The van der Waals surface area contributed by atoms with Gasteiger partial charge in [-0.1, -0.05) is 40.9 Å². The number of nitrogens with one attached hydrogen (secondary N) is 1. The number of aryl methyl sites for hydroxylation is 2. The third-order valence-electron chi connectivity index (χ3n) is 4.30. The standard InChI is InChI=1S/C18H18Cl3N5O/c1-4-25-17(15(21)8-22-25)18(27)23-16-10(2)24-26(11(16)3)9-12-13(19)6-5-7-14(12)20/h5-8H,4,9H2,1-3H3,(H,23,27). The molecule has 0 saturated heterocycles. The van der Waals surface area contributed by atoms with Gasteiger partial charge in [0.15, 0.2) is 0 Å². The number of carbonyl (C=O) groups excluding carboxylic acids is 1. The predicted molar refractivity (Wildman–Crippen MR) is 108 cm³/mol. The van der Waals surface area contributed by atoms with Gasteiger partial charge in [0.1, 0.15) is 5.69 Å². The van der Waals surface area contributed by atoms with Crippen LogP contribution in [0, 0.1) is 13.8 Å². The number of nitrogens with zero attached hydrogens (tertiary/aromatic N) is 4. The Kier molecular flexibility index (Phi) is 5.79. The smallest absolute Gasteiger partial charge is 0.275 e. The van der Waals surface area contributed by atoms with Crippen molar-refractivity contribution >= 4 is 46.4 Å². The van der Waals surface area contributed by atoms with Crippen LogP contribution in [0.1, 0.15) is 34.4 Å². The summed E-state index contributed by atoms with van der Waals surface area (Å²) < 4.78 is 3.31. The van der Waals surface area contributed by atoms with Gasteiger partial charge in [0.2, 0.25) is 0 Å². The summed E-state index contributed by atoms with van der Waals surface area (Å²) in [5, 5.41) is 13.0. The van der Waals surface area contributed by atoms with Gasteiger partial charge in [0, 0.05) is 22.2 Å². The SMILES string of the molecule is CCn1ncc(Cl)c1C(=O)Nc1c(C)nn(Cc2c(Cl)cccc2Cl)c1C. The zero-order valence-corrected chi connectivity index (χ0v) is 17.3. The molecule has 9 heteroatoms. The Morgan fingerprint density at radius 1 is 1.11 bits per heavy atom. The average Bonchev–Trinajstić information content (AvgIpc) is 3.12. The Balaban J connectivity index is 1.90. The summed E-state index contributed by atoms with van der Waals surface area (Å²) in [6.07, 6.45) is 1.46. The molecule has 1 amide bonds. The van der Waals surface area contributed by atoms with Crippen LogP contribution in [0.4, 0.5) is 5.69 Å². The maximum Gasteiger partial charge on any atom is 0.275 e. The fourth-order valence-corrected chi connectivity index (χ4v) is 3.61. The van der Waals surface area contributed by atoms with Crippen LogP contribution >= 0.6 is 34.8 Å². The van der Waals surface area contributed by atoms with E-state index in [1.54, 1.807) is 27.6 Å². The molecule has 142 valence electrons. The van der Waals surface area contributed by atoms with Crippen molar-refractivity contribution in [1.29, 1.82) is 0 Å². The van der Waals surface area contributed by atoms with E-state index in [-0.39, 0.29) is 5.91 Å². The lowest BCUT2D eigenvalue weighted by Gasteiger charge is -2.10. The van der Waals surface area contributed by atoms with Crippen molar-refractivity contribution in [2.45, 2.75) is 33.9 Å². The van der Waals surface area contributed by atoms with Crippen LogP contribution in [0.2, 0.25) is 15.1 Å². The Bertz CT molecular complexity index is 989. The van der Waals surface area contributed by atoms with Crippen molar-refractivity contribution in [2.75, 3.05) is 5.32 Å². The van der Waals surface area contributed by atoms with Crippen molar-refractivity contribution in [1.82, 2.24) is 19.6 Å². The zero-order valence-electron chi connectivity index (χ0n) is 15.1. The lowest BCUT2D eigenvalue weighted by molar-refractivity contribution is 0.101. The summed E-state index contributed by atoms with van der Waals surface area (Å²) in [6, 6.07) is 5.36. The molecule has 1 aromatic carbocycles. The molecule has 27 heavy (non-hydrogen) atoms. The lowest BCUT2D eigenvalue weighted by atomic mass is 10.2. The first kappa shape index (κ1) is 19.7. The normalized spacial score (nSPS) is 11.0. The van der Waals surface area contributed by atoms with Crippen LogP contribution in [0.25, 0.3) is 0 Å². The second kappa shape index (κ2) is 7.92. The molecule has 2 heterocycles. The topological polar surface area (TPSA) is 64.7 Å². The minimum atomic E-state index is -0.333. The van der Waals surface area contributed by atoms with Gasteiger partial charge in [0.05, 0.1) is 34.8 Å². The molecule has 0 spiro atoms. The molecular formula is C18H18Cl3N5O. The van der Waals surface area contributed by atoms with Crippen LogP contribution in [-0.2, 0) is 13.1 Å². The first-order valence-electron chi connectivity index (χ1n) is 8.33. The summed E-state index contributed by atoms with van der Waals surface area (Å²) in [5.74, 6) is -0.333. The first-order chi connectivity index (χ1) is 12.8. The van der Waals surface area contributed by atoms with Crippen LogP contribution in [0.5, 0.6) is 0 Å². The zero-order chi connectivity index (χ0) is 19.7. The molecule has 0 aliphatic heterocycles. The minimum absolute atomic E-state index is 0.305. The van der Waals surface area contributed by atoms with Crippen LogP contribution in [-0.4, -0.2) is 25.5 Å². The molecule has 1 N–H and O–H groups in total. The molecule has 0 radical (unpaired) electrons. The van der Waals surface area contributed by atoms with Crippen molar-refractivity contribution in [3.05, 3.63) is 62.1 Å². The number of benzene rings is 1. The Hall–Kier alpha value is -2.02. The highest BCUT2D eigenvalue weighted by Crippen LogP contribution is 2.28. The average molecular weight is 427 g/mol. The summed E-state index contributed by atoms with van der Waals surface area (Å²) in [4.78, 5) is 12.7. The number of halogens is 3. The van der Waals surface area contributed by atoms with Gasteiger partial charge in [-0.05, 0) is 32.9 Å². The highest BCUT2D eigenvalue weighted by atomic mass is 35.5. The third kappa shape index (κ3) is 3.83. The summed E-state index contributed by atoms with van der Waals surface area (Å²) >= 11 is 18.6. The van der Waals surface area contributed by atoms with Crippen LogP contribution in [0.3, 0.4) is 0 Å². The molecule has 2 aromatic heterocycles. The fraction of sp³-hybridized carbons (Fsp3) is 0.278. The monoisotopic (exact) mass is 425 g/mol. The van der Waals surface area contributed by atoms with Gasteiger partial charge in [0.25, 0.3) is 5.91 Å². The summed E-state index contributed by atoms with van der Waals surface area (Å²) in [7, 11) is 0. The highest BCUT2D eigenvalue weighted by molar-refractivity contribution is 6.36. The number of aromatic nitrogens is 4. The van der Waals surface area contributed by atoms with Gasteiger partial charge in [-0.3, -0.25) is 14.2 Å². The molecule has 6 nitrogen and oxygen atoms in total. The molecule has 0 atom stereocenters. The van der Waals surface area contributed by atoms with E-state index in [0.29, 0.717) is 45.2 Å². The second-order valence-corrected chi connectivity index (χ2v) is 7.24. The van der Waals surface area contributed by atoms with Crippen molar-refractivity contribution in [3.8, 4) is 0 Å². The molecule has 0 saturated carbocycles. The number of amides is 1. The van der Waals surface area contributed by atoms with E-state index in [0.717, 1.165) is 11.3 Å². The Morgan fingerprint density at radius 2 is 1.78 bits per heavy atom. The summed E-state index contributed by atoms with van der Waals surface area (Å²) in [6.45, 7) is 6.53. The number of rotatable bonds is 5. The molecule has 0 aliphatic rings. The van der Waals surface area contributed by atoms with Gasteiger partial charge in [-0.25, -0.2) is 0 Å². The van der Waals surface area contributed by atoms with Gasteiger partial charge >= 0.3 is 0 Å². The third-order valence-corrected chi connectivity index (χ3v) is 5.28. The molecule has 3 aromatic rings. The fourth-order valence-electron chi connectivity index (χ4n) is 2.87. The molecular weight excluding hydrogens is 409 g/mol. The molecule has 3 rings (SSSR count). The minimum Gasteiger partial charge on any atom is -0.317 e. The van der Waals surface area contributed by atoms with E-state index >= 15 is 0 Å². The second-order valence-electron chi connectivity index (χ2n) is 6.01. The van der Waals surface area contributed by atoms with Gasteiger partial charge < -0.3 is 5.32 Å². The molecule has 0 aliphatic carbocycles. The van der Waals surface area contributed by atoms with E-state index < -0.39 is 0 Å².